The highest BCUT2D eigenvalue weighted by Gasteiger charge is 1.99. The van der Waals surface area contributed by atoms with E-state index < -0.39 is 0 Å². The van der Waals surface area contributed by atoms with Crippen molar-refractivity contribution in [3.05, 3.63) is 54.1 Å². The van der Waals surface area contributed by atoms with Gasteiger partial charge >= 0.3 is 0 Å². The lowest BCUT2D eigenvalue weighted by atomic mass is 10.0. The summed E-state index contributed by atoms with van der Waals surface area (Å²) in [5.41, 5.74) is 3.65. The Labute approximate surface area is 138 Å². The van der Waals surface area contributed by atoms with Gasteiger partial charge in [-0.1, -0.05) is 36.4 Å². The Kier molecular flexibility index (Phi) is 7.64. The van der Waals surface area contributed by atoms with Gasteiger partial charge in [0.1, 0.15) is 5.75 Å². The zero-order valence-electron chi connectivity index (χ0n) is 13.8. The molecule has 3 nitrogen and oxygen atoms in total. The minimum Gasteiger partial charge on any atom is -0.508 e. The summed E-state index contributed by atoms with van der Waals surface area (Å²) in [7, 11) is 0. The Morgan fingerprint density at radius 2 is 1.35 bits per heavy atom. The number of benzene rings is 2. The van der Waals surface area contributed by atoms with E-state index in [1.165, 1.54) is 11.1 Å². The predicted octanol–water partition coefficient (Wildman–Crippen LogP) is 4.44. The van der Waals surface area contributed by atoms with Gasteiger partial charge in [-0.3, -0.25) is 0 Å². The van der Waals surface area contributed by atoms with Crippen molar-refractivity contribution in [1.29, 1.82) is 0 Å². The van der Waals surface area contributed by atoms with Crippen LogP contribution in [0.2, 0.25) is 0 Å². The number of phenols is 1. The van der Waals surface area contributed by atoms with E-state index >= 15 is 0 Å². The lowest BCUT2D eigenvalue weighted by molar-refractivity contribution is 0.0514. The number of ether oxygens (including phenoxy) is 2. The van der Waals surface area contributed by atoms with Crippen LogP contribution < -0.4 is 0 Å². The summed E-state index contributed by atoms with van der Waals surface area (Å²) in [6, 6.07) is 15.9. The molecule has 0 aromatic heterocycles. The van der Waals surface area contributed by atoms with Gasteiger partial charge in [0.15, 0.2) is 0 Å². The van der Waals surface area contributed by atoms with Crippen molar-refractivity contribution in [2.45, 2.75) is 26.2 Å². The first-order chi connectivity index (χ1) is 11.3. The SMILES string of the molecule is CCOCCOCCCCc1ccc(-c2ccc(O)cc2)cc1. The highest BCUT2D eigenvalue weighted by atomic mass is 16.5. The van der Waals surface area contributed by atoms with Gasteiger partial charge in [0.2, 0.25) is 0 Å². The first-order valence-corrected chi connectivity index (χ1v) is 8.33. The zero-order chi connectivity index (χ0) is 16.3. The first kappa shape index (κ1) is 17.5. The van der Waals surface area contributed by atoms with Gasteiger partial charge in [0.25, 0.3) is 0 Å². The van der Waals surface area contributed by atoms with E-state index in [0.717, 1.165) is 38.0 Å². The van der Waals surface area contributed by atoms with Crippen LogP contribution in [0.25, 0.3) is 11.1 Å². The maximum Gasteiger partial charge on any atom is 0.115 e. The third-order valence-corrected chi connectivity index (χ3v) is 3.73. The molecular formula is C20H26O3. The van der Waals surface area contributed by atoms with E-state index in [9.17, 15) is 5.11 Å². The maximum atomic E-state index is 9.33. The van der Waals surface area contributed by atoms with Gasteiger partial charge in [0, 0.05) is 13.2 Å². The Bertz CT molecular complexity index is 546. The summed E-state index contributed by atoms with van der Waals surface area (Å²) >= 11 is 0. The maximum absolute atomic E-state index is 9.33. The van der Waals surface area contributed by atoms with Crippen LogP contribution in [0, 0.1) is 0 Å². The molecule has 3 heteroatoms. The Balaban J connectivity index is 1.68. The molecule has 2 aromatic rings. The number of hydrogen-bond acceptors (Lipinski definition) is 3. The molecule has 0 aliphatic rings. The molecule has 0 saturated carbocycles. The molecule has 0 bridgehead atoms. The van der Waals surface area contributed by atoms with Crippen LogP contribution >= 0.6 is 0 Å². The largest absolute Gasteiger partial charge is 0.508 e. The van der Waals surface area contributed by atoms with Crippen molar-refractivity contribution in [1.82, 2.24) is 0 Å². The average molecular weight is 314 g/mol. The van der Waals surface area contributed by atoms with E-state index in [0.29, 0.717) is 19.0 Å². The fourth-order valence-electron chi connectivity index (χ4n) is 2.42. The van der Waals surface area contributed by atoms with Crippen molar-refractivity contribution in [3.8, 4) is 16.9 Å². The number of aryl methyl sites for hydroxylation is 1. The molecule has 0 fully saturated rings. The molecule has 23 heavy (non-hydrogen) atoms. The number of phenolic OH excluding ortho intramolecular Hbond substituents is 1. The van der Waals surface area contributed by atoms with Crippen molar-refractivity contribution < 1.29 is 14.6 Å². The smallest absolute Gasteiger partial charge is 0.115 e. The molecule has 0 aliphatic heterocycles. The molecule has 0 spiro atoms. The molecule has 0 amide bonds. The van der Waals surface area contributed by atoms with Gasteiger partial charge in [-0.15, -0.1) is 0 Å². The van der Waals surface area contributed by atoms with E-state index in [1.54, 1.807) is 12.1 Å². The van der Waals surface area contributed by atoms with Crippen LogP contribution in [0.15, 0.2) is 48.5 Å². The van der Waals surface area contributed by atoms with E-state index in [4.69, 9.17) is 9.47 Å². The molecule has 2 rings (SSSR count). The number of unbranched alkanes of at least 4 members (excludes halogenated alkanes) is 1. The molecule has 0 saturated heterocycles. The van der Waals surface area contributed by atoms with E-state index in [1.807, 2.05) is 19.1 Å². The quantitative estimate of drug-likeness (QED) is 0.659. The minimum atomic E-state index is 0.300. The summed E-state index contributed by atoms with van der Waals surface area (Å²) < 4.78 is 10.7. The van der Waals surface area contributed by atoms with Crippen LogP contribution in [0.5, 0.6) is 5.75 Å². The van der Waals surface area contributed by atoms with Gasteiger partial charge in [0.05, 0.1) is 13.2 Å². The molecule has 0 atom stereocenters. The molecule has 0 aliphatic carbocycles. The summed E-state index contributed by atoms with van der Waals surface area (Å²) in [4.78, 5) is 0. The Morgan fingerprint density at radius 1 is 0.739 bits per heavy atom. The van der Waals surface area contributed by atoms with Crippen molar-refractivity contribution in [2.75, 3.05) is 26.4 Å². The van der Waals surface area contributed by atoms with Crippen LogP contribution in [0.4, 0.5) is 0 Å². The van der Waals surface area contributed by atoms with Crippen molar-refractivity contribution in [2.24, 2.45) is 0 Å². The zero-order valence-corrected chi connectivity index (χ0v) is 13.8. The van der Waals surface area contributed by atoms with Gasteiger partial charge in [-0.05, 0) is 55.0 Å². The standard InChI is InChI=1S/C20H26O3/c1-2-22-15-16-23-14-4-3-5-17-6-8-18(9-7-17)19-10-12-20(21)13-11-19/h6-13,21H,2-5,14-16H2,1H3. The Morgan fingerprint density at radius 3 is 2.00 bits per heavy atom. The van der Waals surface area contributed by atoms with E-state index in [-0.39, 0.29) is 0 Å². The molecule has 0 unspecified atom stereocenters. The normalized spacial score (nSPS) is 10.8. The molecule has 2 aromatic carbocycles. The summed E-state index contributed by atoms with van der Waals surface area (Å²) in [5, 5.41) is 9.33. The highest BCUT2D eigenvalue weighted by Crippen LogP contribution is 2.22. The highest BCUT2D eigenvalue weighted by molar-refractivity contribution is 5.64. The number of hydrogen-bond donors (Lipinski definition) is 1. The molecule has 0 radical (unpaired) electrons. The van der Waals surface area contributed by atoms with E-state index in [2.05, 4.69) is 24.3 Å². The number of aromatic hydroxyl groups is 1. The predicted molar refractivity (Wildman–Crippen MR) is 93.8 cm³/mol. The first-order valence-electron chi connectivity index (χ1n) is 8.33. The molecule has 124 valence electrons. The van der Waals surface area contributed by atoms with Gasteiger partial charge in [-0.2, -0.15) is 0 Å². The fourth-order valence-corrected chi connectivity index (χ4v) is 2.42. The van der Waals surface area contributed by atoms with Crippen LogP contribution in [-0.4, -0.2) is 31.5 Å². The third-order valence-electron chi connectivity index (χ3n) is 3.73. The van der Waals surface area contributed by atoms with Gasteiger partial charge < -0.3 is 14.6 Å². The molecular weight excluding hydrogens is 288 g/mol. The third kappa shape index (κ3) is 6.43. The number of rotatable bonds is 10. The minimum absolute atomic E-state index is 0.300. The van der Waals surface area contributed by atoms with Crippen molar-refractivity contribution >= 4 is 0 Å². The van der Waals surface area contributed by atoms with Gasteiger partial charge in [-0.25, -0.2) is 0 Å². The summed E-state index contributed by atoms with van der Waals surface area (Å²) in [6.45, 7) is 4.93. The second-order valence-corrected chi connectivity index (χ2v) is 5.51. The Hall–Kier alpha value is -1.84. The molecule has 1 N–H and O–H groups in total. The lowest BCUT2D eigenvalue weighted by Crippen LogP contribution is -2.05. The second kappa shape index (κ2) is 10.0. The van der Waals surface area contributed by atoms with Crippen LogP contribution in [-0.2, 0) is 15.9 Å². The van der Waals surface area contributed by atoms with Crippen molar-refractivity contribution in [3.63, 3.8) is 0 Å². The monoisotopic (exact) mass is 314 g/mol. The van der Waals surface area contributed by atoms with Crippen LogP contribution in [0.3, 0.4) is 0 Å². The summed E-state index contributed by atoms with van der Waals surface area (Å²) in [5.74, 6) is 0.300. The summed E-state index contributed by atoms with van der Waals surface area (Å²) in [6.07, 6.45) is 3.28. The lowest BCUT2D eigenvalue weighted by Gasteiger charge is -2.06. The average Bonchev–Trinajstić information content (AvgIpc) is 2.59. The molecule has 0 heterocycles. The van der Waals surface area contributed by atoms with Crippen LogP contribution in [0.1, 0.15) is 25.3 Å². The fraction of sp³-hybridized carbons (Fsp3) is 0.400. The topological polar surface area (TPSA) is 38.7 Å². The second-order valence-electron chi connectivity index (χ2n) is 5.51.